The first-order valence-electron chi connectivity index (χ1n) is 7.92. The number of thioether (sulfide) groups is 1. The second-order valence-corrected chi connectivity index (χ2v) is 7.32. The van der Waals surface area contributed by atoms with Gasteiger partial charge in [-0.25, -0.2) is 0 Å². The first kappa shape index (κ1) is 17.7. The molecule has 1 atom stereocenters. The lowest BCUT2D eigenvalue weighted by atomic mass is 10.1. The molecule has 2 aromatic carbocycles. The summed E-state index contributed by atoms with van der Waals surface area (Å²) in [5.41, 5.74) is 2.55. The highest BCUT2D eigenvalue weighted by Gasteiger charge is 2.13. The number of benzene rings is 2. The summed E-state index contributed by atoms with van der Waals surface area (Å²) in [6.07, 6.45) is 1.21. The van der Waals surface area contributed by atoms with Gasteiger partial charge in [-0.1, -0.05) is 42.5 Å². The number of aliphatic hydroxyl groups excluding tert-OH is 1. The molecule has 1 amide bonds. The summed E-state index contributed by atoms with van der Waals surface area (Å²) in [5, 5.41) is 15.2. The summed E-state index contributed by atoms with van der Waals surface area (Å²) >= 11 is 3.22. The Balaban J connectivity index is 1.62. The molecular formula is C20H19NO2S2. The molecule has 0 saturated carbocycles. The molecule has 1 heterocycles. The Morgan fingerprint density at radius 2 is 1.88 bits per heavy atom. The van der Waals surface area contributed by atoms with Crippen molar-refractivity contribution in [3.8, 4) is 10.4 Å². The molecule has 0 bridgehead atoms. The van der Waals surface area contributed by atoms with Crippen molar-refractivity contribution in [1.29, 1.82) is 0 Å². The third-order valence-corrected chi connectivity index (χ3v) is 5.62. The van der Waals surface area contributed by atoms with Crippen LogP contribution in [0.2, 0.25) is 0 Å². The number of hydrogen-bond donors (Lipinski definition) is 2. The summed E-state index contributed by atoms with van der Waals surface area (Å²) in [4.78, 5) is 14.5. The van der Waals surface area contributed by atoms with Crippen molar-refractivity contribution in [2.75, 3.05) is 12.8 Å². The van der Waals surface area contributed by atoms with Crippen LogP contribution in [0.5, 0.6) is 0 Å². The molecule has 1 aromatic heterocycles. The molecule has 0 radical (unpaired) electrons. The molecule has 3 aromatic rings. The number of aliphatic hydroxyl groups is 1. The van der Waals surface area contributed by atoms with E-state index in [1.54, 1.807) is 17.4 Å². The van der Waals surface area contributed by atoms with Gasteiger partial charge in [0.15, 0.2) is 0 Å². The van der Waals surface area contributed by atoms with Gasteiger partial charge in [0.2, 0.25) is 0 Å². The number of hydrogen-bond acceptors (Lipinski definition) is 4. The van der Waals surface area contributed by atoms with Crippen molar-refractivity contribution in [2.45, 2.75) is 11.0 Å². The summed E-state index contributed by atoms with van der Waals surface area (Å²) in [6.45, 7) is 0.180. The highest BCUT2D eigenvalue weighted by atomic mass is 32.2. The first-order valence-corrected chi connectivity index (χ1v) is 10.0. The maximum atomic E-state index is 12.3. The Labute approximate surface area is 155 Å². The lowest BCUT2D eigenvalue weighted by Crippen LogP contribution is -2.28. The lowest BCUT2D eigenvalue weighted by Gasteiger charge is -2.14. The zero-order chi connectivity index (χ0) is 17.6. The number of amides is 1. The van der Waals surface area contributed by atoms with E-state index in [1.165, 1.54) is 16.6 Å². The Morgan fingerprint density at radius 3 is 2.56 bits per heavy atom. The summed E-state index contributed by atoms with van der Waals surface area (Å²) in [6, 6.07) is 19.3. The second-order valence-electron chi connectivity index (χ2n) is 5.53. The lowest BCUT2D eigenvalue weighted by molar-refractivity contribution is 0.0913. The van der Waals surface area contributed by atoms with Gasteiger partial charge in [0, 0.05) is 16.3 Å². The van der Waals surface area contributed by atoms with Crippen molar-refractivity contribution in [2.24, 2.45) is 0 Å². The fraction of sp³-hybridized carbons (Fsp3) is 0.150. The normalized spacial score (nSPS) is 11.9. The van der Waals surface area contributed by atoms with Crippen molar-refractivity contribution < 1.29 is 9.90 Å². The van der Waals surface area contributed by atoms with Crippen molar-refractivity contribution in [3.05, 3.63) is 77.2 Å². The third kappa shape index (κ3) is 4.31. The summed E-state index contributed by atoms with van der Waals surface area (Å²) in [5.74, 6) is -0.167. The topological polar surface area (TPSA) is 49.3 Å². The maximum absolute atomic E-state index is 12.3. The Bertz CT molecular complexity index is 829. The Kier molecular flexibility index (Phi) is 5.91. The van der Waals surface area contributed by atoms with E-state index in [9.17, 15) is 9.90 Å². The predicted molar refractivity (Wildman–Crippen MR) is 105 cm³/mol. The van der Waals surface area contributed by atoms with E-state index < -0.39 is 6.10 Å². The molecular weight excluding hydrogens is 350 g/mol. The minimum atomic E-state index is -0.734. The van der Waals surface area contributed by atoms with Crippen LogP contribution in [0.3, 0.4) is 0 Å². The molecule has 1 unspecified atom stereocenters. The van der Waals surface area contributed by atoms with Crippen LogP contribution < -0.4 is 5.32 Å². The number of nitrogens with one attached hydrogen (secondary N) is 1. The van der Waals surface area contributed by atoms with Crippen LogP contribution in [-0.4, -0.2) is 23.8 Å². The van der Waals surface area contributed by atoms with Gasteiger partial charge in [-0.15, -0.1) is 23.1 Å². The monoisotopic (exact) mass is 369 g/mol. The van der Waals surface area contributed by atoms with Gasteiger partial charge in [0.1, 0.15) is 0 Å². The van der Waals surface area contributed by atoms with Gasteiger partial charge >= 0.3 is 0 Å². The fourth-order valence-corrected chi connectivity index (χ4v) is 3.88. The van der Waals surface area contributed by atoms with Crippen LogP contribution in [0.1, 0.15) is 22.0 Å². The fourth-order valence-electron chi connectivity index (χ4n) is 2.55. The molecule has 128 valence electrons. The van der Waals surface area contributed by atoms with Crippen LogP contribution in [0, 0.1) is 0 Å². The molecule has 3 rings (SSSR count). The van der Waals surface area contributed by atoms with E-state index in [0.717, 1.165) is 16.0 Å². The second kappa shape index (κ2) is 8.34. The molecule has 2 N–H and O–H groups in total. The highest BCUT2D eigenvalue weighted by molar-refractivity contribution is 7.98. The van der Waals surface area contributed by atoms with E-state index in [1.807, 2.05) is 60.2 Å². The molecule has 25 heavy (non-hydrogen) atoms. The molecule has 5 heteroatoms. The summed E-state index contributed by atoms with van der Waals surface area (Å²) in [7, 11) is 0. The number of thiophene rings is 1. The van der Waals surface area contributed by atoms with E-state index in [4.69, 9.17) is 0 Å². The van der Waals surface area contributed by atoms with Crippen molar-refractivity contribution in [3.63, 3.8) is 0 Å². The van der Waals surface area contributed by atoms with Gasteiger partial charge in [0.25, 0.3) is 5.91 Å². The number of carbonyl (C=O) groups is 1. The van der Waals surface area contributed by atoms with Gasteiger partial charge in [-0.2, -0.15) is 0 Å². The standard InChI is InChI=1S/C20H19NO2S2/c1-24-19-6-3-2-5-16(19)20(23)21-13-17(22)14-8-10-15(11-9-14)18-7-4-12-25-18/h2-12,17,22H,13H2,1H3,(H,21,23). The minimum Gasteiger partial charge on any atom is -0.387 e. The quantitative estimate of drug-likeness (QED) is 0.624. The molecule has 0 aliphatic heterocycles. The largest absolute Gasteiger partial charge is 0.387 e. The van der Waals surface area contributed by atoms with Crippen LogP contribution in [0.4, 0.5) is 0 Å². The average molecular weight is 370 g/mol. The Morgan fingerprint density at radius 1 is 1.12 bits per heavy atom. The van der Waals surface area contributed by atoms with E-state index >= 15 is 0 Å². The molecule has 0 aliphatic carbocycles. The molecule has 0 spiro atoms. The van der Waals surface area contributed by atoms with Crippen molar-refractivity contribution in [1.82, 2.24) is 5.32 Å². The number of carbonyl (C=O) groups excluding carboxylic acids is 1. The molecule has 3 nitrogen and oxygen atoms in total. The van der Waals surface area contributed by atoms with E-state index in [2.05, 4.69) is 11.4 Å². The molecule has 0 saturated heterocycles. The molecule has 0 aliphatic rings. The van der Waals surface area contributed by atoms with Gasteiger partial charge in [-0.3, -0.25) is 4.79 Å². The Hall–Kier alpha value is -2.08. The van der Waals surface area contributed by atoms with Crippen LogP contribution in [0.15, 0.2) is 70.9 Å². The minimum absolute atomic E-state index is 0.167. The third-order valence-electron chi connectivity index (χ3n) is 3.91. The van der Waals surface area contributed by atoms with Gasteiger partial charge < -0.3 is 10.4 Å². The maximum Gasteiger partial charge on any atom is 0.252 e. The van der Waals surface area contributed by atoms with Crippen LogP contribution in [0.25, 0.3) is 10.4 Å². The zero-order valence-electron chi connectivity index (χ0n) is 13.8. The van der Waals surface area contributed by atoms with Crippen molar-refractivity contribution >= 4 is 29.0 Å². The smallest absolute Gasteiger partial charge is 0.252 e. The first-order chi connectivity index (χ1) is 12.2. The summed E-state index contributed by atoms with van der Waals surface area (Å²) < 4.78 is 0. The highest BCUT2D eigenvalue weighted by Crippen LogP contribution is 2.26. The SMILES string of the molecule is CSc1ccccc1C(=O)NCC(O)c1ccc(-c2cccs2)cc1. The van der Waals surface area contributed by atoms with Crippen LogP contribution >= 0.6 is 23.1 Å². The van der Waals surface area contributed by atoms with E-state index in [-0.39, 0.29) is 12.5 Å². The van der Waals surface area contributed by atoms with Gasteiger partial charge in [0.05, 0.1) is 11.7 Å². The number of rotatable bonds is 6. The predicted octanol–water partition coefficient (Wildman–Crippen LogP) is 4.60. The van der Waals surface area contributed by atoms with Gasteiger partial charge in [-0.05, 0) is 41.0 Å². The van der Waals surface area contributed by atoms with Crippen LogP contribution in [-0.2, 0) is 0 Å². The average Bonchev–Trinajstić information content (AvgIpc) is 3.20. The van der Waals surface area contributed by atoms with E-state index in [0.29, 0.717) is 5.56 Å². The zero-order valence-corrected chi connectivity index (χ0v) is 15.4. The molecule has 0 fully saturated rings.